The molecule has 2 unspecified atom stereocenters. The molecule has 37 heavy (non-hydrogen) atoms. The highest BCUT2D eigenvalue weighted by molar-refractivity contribution is 5.90. The van der Waals surface area contributed by atoms with Crippen LogP contribution in [0.25, 0.3) is 0 Å². The first-order valence-electron chi connectivity index (χ1n) is 12.4. The van der Waals surface area contributed by atoms with Gasteiger partial charge in [0.05, 0.1) is 11.8 Å². The summed E-state index contributed by atoms with van der Waals surface area (Å²) in [6, 6.07) is -0.988. The highest BCUT2D eigenvalue weighted by Crippen LogP contribution is 2.45. The van der Waals surface area contributed by atoms with Crippen LogP contribution in [-0.4, -0.2) is 65.5 Å². The van der Waals surface area contributed by atoms with E-state index in [1.54, 1.807) is 6.20 Å². The summed E-state index contributed by atoms with van der Waals surface area (Å²) in [5.41, 5.74) is -1.97. The van der Waals surface area contributed by atoms with Crippen LogP contribution in [0, 0.1) is 5.41 Å². The lowest BCUT2D eigenvalue weighted by atomic mass is 9.85. The van der Waals surface area contributed by atoms with Crippen molar-refractivity contribution in [1.29, 1.82) is 0 Å². The number of aromatic nitrogens is 5. The second-order valence-electron chi connectivity index (χ2n) is 11.4. The minimum absolute atomic E-state index is 0.0125. The van der Waals surface area contributed by atoms with Crippen molar-refractivity contribution in [1.82, 2.24) is 35.2 Å². The summed E-state index contributed by atoms with van der Waals surface area (Å²) in [5, 5.41) is 21.6. The maximum atomic E-state index is 13.9. The number of hydrogen-bond donors (Lipinski definition) is 2. The zero-order valence-corrected chi connectivity index (χ0v) is 20.9. The molecule has 13 heteroatoms. The highest BCUT2D eigenvalue weighted by Gasteiger charge is 2.52. The minimum atomic E-state index is -4.64. The van der Waals surface area contributed by atoms with Crippen molar-refractivity contribution < 1.29 is 27.9 Å². The van der Waals surface area contributed by atoms with Gasteiger partial charge in [-0.3, -0.25) is 9.59 Å². The molecule has 3 atom stereocenters. The van der Waals surface area contributed by atoms with E-state index in [0.717, 1.165) is 30.8 Å². The Hall–Kier alpha value is -3.09. The number of aliphatic hydroxyl groups is 1. The minimum Gasteiger partial charge on any atom is -0.391 e. The SMILES string of the molecule is CC(C)(C)[C@@H](C(=O)N1CC(O)CC1C(=O)NC1(c2nccc(C(F)(F)F)n2)CC1)n1cc(C2CC2)nn1. The molecule has 2 aliphatic carbocycles. The van der Waals surface area contributed by atoms with Crippen molar-refractivity contribution in [2.45, 2.75) is 88.7 Å². The van der Waals surface area contributed by atoms with Crippen LogP contribution in [0.4, 0.5) is 13.2 Å². The molecule has 5 rings (SSSR count). The lowest BCUT2D eigenvalue weighted by molar-refractivity contribution is -0.144. The first kappa shape index (κ1) is 25.6. The van der Waals surface area contributed by atoms with Crippen molar-refractivity contribution in [3.8, 4) is 0 Å². The van der Waals surface area contributed by atoms with Gasteiger partial charge in [-0.05, 0) is 37.2 Å². The third-order valence-electron chi connectivity index (χ3n) is 7.19. The van der Waals surface area contributed by atoms with E-state index in [1.165, 1.54) is 9.58 Å². The summed E-state index contributed by atoms with van der Waals surface area (Å²) >= 11 is 0. The summed E-state index contributed by atoms with van der Waals surface area (Å²) in [5.74, 6) is -0.704. The lowest BCUT2D eigenvalue weighted by Gasteiger charge is -2.35. The van der Waals surface area contributed by atoms with Crippen molar-refractivity contribution in [2.75, 3.05) is 6.54 Å². The second-order valence-corrected chi connectivity index (χ2v) is 11.4. The summed E-state index contributed by atoms with van der Waals surface area (Å²) < 4.78 is 41.0. The standard InChI is InChI=1S/C24H30F3N7O3/c1-22(2,3)18(34-12-15(31-32-34)13-4-5-13)20(37)33-11-14(35)10-16(33)19(36)30-23(7-8-23)21-28-9-6-17(29-21)24(25,26)27/h6,9,12-14,16,18,35H,4-5,7-8,10-11H2,1-3H3,(H,30,36)/t14?,16?,18-/m1/s1. The third kappa shape index (κ3) is 5.05. The molecule has 3 aliphatic rings. The van der Waals surface area contributed by atoms with Gasteiger partial charge in [-0.15, -0.1) is 5.10 Å². The predicted molar refractivity (Wildman–Crippen MR) is 123 cm³/mol. The quantitative estimate of drug-likeness (QED) is 0.598. The normalized spacial score (nSPS) is 24.1. The number of nitrogens with one attached hydrogen (secondary N) is 1. The number of carbonyl (C=O) groups is 2. The zero-order chi connectivity index (χ0) is 26.8. The van der Waals surface area contributed by atoms with Gasteiger partial charge in [0.15, 0.2) is 5.82 Å². The van der Waals surface area contributed by atoms with Gasteiger partial charge in [-0.2, -0.15) is 13.2 Å². The number of hydrogen-bond acceptors (Lipinski definition) is 7. The van der Waals surface area contributed by atoms with Crippen LogP contribution < -0.4 is 5.32 Å². The molecular weight excluding hydrogens is 491 g/mol. The largest absolute Gasteiger partial charge is 0.433 e. The molecule has 2 amide bonds. The molecule has 0 aromatic carbocycles. The molecule has 1 saturated heterocycles. The van der Waals surface area contributed by atoms with Gasteiger partial charge in [0, 0.05) is 31.3 Å². The fourth-order valence-corrected chi connectivity index (χ4v) is 4.92. The number of amides is 2. The van der Waals surface area contributed by atoms with Crippen LogP contribution in [0.2, 0.25) is 0 Å². The summed E-state index contributed by atoms with van der Waals surface area (Å²) in [4.78, 5) is 36.2. The van der Waals surface area contributed by atoms with Gasteiger partial charge in [0.25, 0.3) is 0 Å². The van der Waals surface area contributed by atoms with E-state index < -0.39 is 46.9 Å². The van der Waals surface area contributed by atoms with Gasteiger partial charge in [0.1, 0.15) is 23.3 Å². The summed E-state index contributed by atoms with van der Waals surface area (Å²) in [6.07, 6.45) is 0.0603. The third-order valence-corrected chi connectivity index (χ3v) is 7.19. The molecule has 2 aromatic rings. The molecule has 0 bridgehead atoms. The van der Waals surface area contributed by atoms with E-state index in [0.29, 0.717) is 18.8 Å². The van der Waals surface area contributed by atoms with Crippen LogP contribution in [0.5, 0.6) is 0 Å². The Morgan fingerprint density at radius 1 is 1.22 bits per heavy atom. The van der Waals surface area contributed by atoms with E-state index in [1.807, 2.05) is 20.8 Å². The Balaban J connectivity index is 1.37. The molecule has 0 radical (unpaired) electrons. The Morgan fingerprint density at radius 2 is 1.92 bits per heavy atom. The van der Waals surface area contributed by atoms with Gasteiger partial charge in [-0.1, -0.05) is 26.0 Å². The number of aliphatic hydroxyl groups excluding tert-OH is 1. The average molecular weight is 522 g/mol. The second kappa shape index (κ2) is 8.74. The maximum Gasteiger partial charge on any atom is 0.433 e. The number of nitrogens with zero attached hydrogens (tertiary/aromatic N) is 6. The van der Waals surface area contributed by atoms with Crippen LogP contribution in [0.15, 0.2) is 18.5 Å². The molecule has 1 aliphatic heterocycles. The van der Waals surface area contributed by atoms with Gasteiger partial charge >= 0.3 is 6.18 Å². The average Bonchev–Trinajstić information content (AvgIpc) is 3.72. The smallest absolute Gasteiger partial charge is 0.391 e. The molecule has 200 valence electrons. The first-order valence-corrected chi connectivity index (χ1v) is 12.4. The summed E-state index contributed by atoms with van der Waals surface area (Å²) in [7, 11) is 0. The van der Waals surface area contributed by atoms with E-state index in [9.17, 15) is 27.9 Å². The molecule has 2 aromatic heterocycles. The lowest BCUT2D eigenvalue weighted by Crippen LogP contribution is -2.52. The van der Waals surface area contributed by atoms with Gasteiger partial charge in [-0.25, -0.2) is 14.6 Å². The van der Waals surface area contributed by atoms with Gasteiger partial charge < -0.3 is 15.3 Å². The van der Waals surface area contributed by atoms with Crippen molar-refractivity contribution in [2.24, 2.45) is 5.41 Å². The fraction of sp³-hybridized carbons (Fsp3) is 0.667. The van der Waals surface area contributed by atoms with Crippen LogP contribution in [0.1, 0.15) is 82.0 Å². The van der Waals surface area contributed by atoms with Crippen LogP contribution in [-0.2, 0) is 21.3 Å². The van der Waals surface area contributed by atoms with Crippen molar-refractivity contribution >= 4 is 11.8 Å². The number of halogens is 3. The van der Waals surface area contributed by atoms with E-state index in [2.05, 4.69) is 25.6 Å². The molecule has 2 N–H and O–H groups in total. The Morgan fingerprint density at radius 3 is 2.51 bits per heavy atom. The number of alkyl halides is 3. The topological polar surface area (TPSA) is 126 Å². The maximum absolute atomic E-state index is 13.9. The highest BCUT2D eigenvalue weighted by atomic mass is 19.4. The molecule has 0 spiro atoms. The molecular formula is C24H30F3N7O3. The predicted octanol–water partition coefficient (Wildman–Crippen LogP) is 2.32. The van der Waals surface area contributed by atoms with Crippen LogP contribution >= 0.6 is 0 Å². The van der Waals surface area contributed by atoms with E-state index >= 15 is 0 Å². The van der Waals surface area contributed by atoms with E-state index in [4.69, 9.17) is 0 Å². The first-order chi connectivity index (χ1) is 17.3. The number of likely N-dealkylation sites (tertiary alicyclic amines) is 1. The summed E-state index contributed by atoms with van der Waals surface area (Å²) in [6.45, 7) is 5.63. The molecule has 3 heterocycles. The fourth-order valence-electron chi connectivity index (χ4n) is 4.92. The monoisotopic (exact) mass is 521 g/mol. The number of rotatable bonds is 6. The molecule has 2 saturated carbocycles. The van der Waals surface area contributed by atoms with E-state index in [-0.39, 0.29) is 24.7 Å². The van der Waals surface area contributed by atoms with Crippen molar-refractivity contribution in [3.63, 3.8) is 0 Å². The van der Waals surface area contributed by atoms with Crippen molar-refractivity contribution in [3.05, 3.63) is 35.7 Å². The number of β-amino-alcohol motifs (C(OH)–C–C–N with tert-alkyl or cyclic N) is 1. The Labute approximate surface area is 211 Å². The van der Waals surface area contributed by atoms with Crippen LogP contribution in [0.3, 0.4) is 0 Å². The number of carbonyl (C=O) groups excluding carboxylic acids is 2. The Bertz CT molecular complexity index is 1200. The zero-order valence-electron chi connectivity index (χ0n) is 20.9. The molecule has 3 fully saturated rings. The van der Waals surface area contributed by atoms with Gasteiger partial charge in [0.2, 0.25) is 11.8 Å². The molecule has 10 nitrogen and oxygen atoms in total. The Kier molecular flexibility index (Phi) is 6.04.